The van der Waals surface area contributed by atoms with E-state index in [2.05, 4.69) is 15.0 Å². The summed E-state index contributed by atoms with van der Waals surface area (Å²) in [5.41, 5.74) is 7.43. The number of nitrogens with one attached hydrogen (secondary N) is 1. The summed E-state index contributed by atoms with van der Waals surface area (Å²) >= 11 is 6.16. The minimum atomic E-state index is -0.408. The zero-order valence-electron chi connectivity index (χ0n) is 10.1. The third-order valence-electron chi connectivity index (χ3n) is 3.03. The molecular weight excluding hydrogens is 254 g/mol. The first-order valence-corrected chi connectivity index (χ1v) is 6.13. The number of hydrogen-bond acceptors (Lipinski definition) is 4. The summed E-state index contributed by atoms with van der Waals surface area (Å²) in [4.78, 5) is 13.2. The van der Waals surface area contributed by atoms with Crippen LogP contribution in [-0.2, 0) is 4.74 Å². The van der Waals surface area contributed by atoms with Crippen molar-refractivity contribution < 1.29 is 9.53 Å². The van der Waals surface area contributed by atoms with Crippen LogP contribution < -0.4 is 16.0 Å². The van der Waals surface area contributed by atoms with Crippen molar-refractivity contribution in [1.29, 1.82) is 0 Å². The average molecular weight is 270 g/mol. The molecule has 1 unspecified atom stereocenters. The molecule has 1 aromatic rings. The molecule has 1 saturated heterocycles. The molecule has 1 atom stereocenters. The molecule has 1 heterocycles. The minimum Gasteiger partial charge on any atom is -0.453 e. The smallest absolute Gasteiger partial charge is 0.407 e. The van der Waals surface area contributed by atoms with E-state index in [4.69, 9.17) is 17.3 Å². The number of anilines is 2. The van der Waals surface area contributed by atoms with Crippen molar-refractivity contribution in [2.45, 2.75) is 12.5 Å². The van der Waals surface area contributed by atoms with Crippen LogP contribution in [0.25, 0.3) is 0 Å². The van der Waals surface area contributed by atoms with Crippen LogP contribution in [0.3, 0.4) is 0 Å². The van der Waals surface area contributed by atoms with Crippen LogP contribution in [0.4, 0.5) is 16.2 Å². The number of nitrogens with zero attached hydrogens (tertiary/aromatic N) is 1. The largest absolute Gasteiger partial charge is 0.453 e. The number of rotatable bonds is 2. The van der Waals surface area contributed by atoms with Gasteiger partial charge in [-0.15, -0.1) is 0 Å². The van der Waals surface area contributed by atoms with Gasteiger partial charge in [-0.05, 0) is 18.6 Å². The maximum absolute atomic E-state index is 11.1. The average Bonchev–Trinajstić information content (AvgIpc) is 2.77. The Hall–Kier alpha value is -1.62. The Kier molecular flexibility index (Phi) is 3.81. The predicted molar refractivity (Wildman–Crippen MR) is 72.0 cm³/mol. The maximum Gasteiger partial charge on any atom is 0.407 e. The predicted octanol–water partition coefficient (Wildman–Crippen LogP) is 1.86. The Balaban J connectivity index is 2.07. The van der Waals surface area contributed by atoms with Gasteiger partial charge in [-0.2, -0.15) is 0 Å². The van der Waals surface area contributed by atoms with Gasteiger partial charge < -0.3 is 20.7 Å². The van der Waals surface area contributed by atoms with E-state index in [9.17, 15) is 4.79 Å². The van der Waals surface area contributed by atoms with Crippen LogP contribution in [0.2, 0.25) is 5.02 Å². The van der Waals surface area contributed by atoms with E-state index in [1.54, 1.807) is 0 Å². The summed E-state index contributed by atoms with van der Waals surface area (Å²) < 4.78 is 4.58. The van der Waals surface area contributed by atoms with Crippen molar-refractivity contribution in [2.75, 3.05) is 30.8 Å². The van der Waals surface area contributed by atoms with Crippen LogP contribution >= 0.6 is 11.6 Å². The lowest BCUT2D eigenvalue weighted by atomic mass is 10.2. The number of halogens is 1. The van der Waals surface area contributed by atoms with Gasteiger partial charge in [0, 0.05) is 13.1 Å². The van der Waals surface area contributed by atoms with E-state index in [0.29, 0.717) is 17.3 Å². The third kappa shape index (κ3) is 2.61. The van der Waals surface area contributed by atoms with Gasteiger partial charge in [0.1, 0.15) is 0 Å². The van der Waals surface area contributed by atoms with Crippen LogP contribution in [-0.4, -0.2) is 32.3 Å². The van der Waals surface area contributed by atoms with Crippen molar-refractivity contribution in [2.24, 2.45) is 0 Å². The molecule has 3 N–H and O–H groups in total. The number of para-hydroxylation sites is 1. The lowest BCUT2D eigenvalue weighted by Crippen LogP contribution is -2.37. The topological polar surface area (TPSA) is 67.6 Å². The highest BCUT2D eigenvalue weighted by Crippen LogP contribution is 2.33. The van der Waals surface area contributed by atoms with Crippen LogP contribution in [0.1, 0.15) is 6.42 Å². The van der Waals surface area contributed by atoms with E-state index >= 15 is 0 Å². The summed E-state index contributed by atoms with van der Waals surface area (Å²) in [5, 5.41) is 3.41. The summed E-state index contributed by atoms with van der Waals surface area (Å²) in [5.74, 6) is 0. The normalized spacial score (nSPS) is 18.8. The zero-order chi connectivity index (χ0) is 13.1. The quantitative estimate of drug-likeness (QED) is 0.804. The number of methoxy groups -OCH3 is 1. The Morgan fingerprint density at radius 1 is 1.61 bits per heavy atom. The number of ether oxygens (including phenoxy) is 1. The standard InChI is InChI=1S/C12H16ClN3O2/c1-18-12(17)15-8-5-6-16(7-8)11-9(13)3-2-4-10(11)14/h2-4,8H,5-7,14H2,1H3,(H,15,17). The Morgan fingerprint density at radius 3 is 3.06 bits per heavy atom. The highest BCUT2D eigenvalue weighted by Gasteiger charge is 2.26. The first-order chi connectivity index (χ1) is 8.61. The number of nitrogens with two attached hydrogens (primary N) is 1. The van der Waals surface area contributed by atoms with Gasteiger partial charge in [-0.1, -0.05) is 17.7 Å². The SMILES string of the molecule is COC(=O)NC1CCN(c2c(N)cccc2Cl)C1. The second kappa shape index (κ2) is 5.35. The number of nitrogen functional groups attached to an aromatic ring is 1. The highest BCUT2D eigenvalue weighted by atomic mass is 35.5. The molecule has 98 valence electrons. The zero-order valence-corrected chi connectivity index (χ0v) is 10.9. The summed E-state index contributed by atoms with van der Waals surface area (Å²) in [7, 11) is 1.36. The van der Waals surface area contributed by atoms with Gasteiger partial charge in [-0.25, -0.2) is 4.79 Å². The van der Waals surface area contributed by atoms with Crippen molar-refractivity contribution in [3.63, 3.8) is 0 Å². The summed E-state index contributed by atoms with van der Waals surface area (Å²) in [6, 6.07) is 5.52. The second-order valence-electron chi connectivity index (χ2n) is 4.25. The van der Waals surface area contributed by atoms with Crippen molar-refractivity contribution >= 4 is 29.1 Å². The van der Waals surface area contributed by atoms with Gasteiger partial charge in [0.05, 0.1) is 29.5 Å². The molecule has 0 radical (unpaired) electrons. The van der Waals surface area contributed by atoms with Crippen LogP contribution in [0.15, 0.2) is 18.2 Å². The molecule has 1 fully saturated rings. The summed E-state index contributed by atoms with van der Waals surface area (Å²) in [6.07, 6.45) is 0.439. The fourth-order valence-electron chi connectivity index (χ4n) is 2.17. The van der Waals surface area contributed by atoms with Gasteiger partial charge in [0.2, 0.25) is 0 Å². The molecule has 2 rings (SSSR count). The first kappa shape index (κ1) is 12.8. The first-order valence-electron chi connectivity index (χ1n) is 5.75. The molecule has 1 aliphatic rings. The molecule has 0 aliphatic carbocycles. The Morgan fingerprint density at radius 2 is 2.39 bits per heavy atom. The minimum absolute atomic E-state index is 0.0631. The molecule has 0 spiro atoms. The second-order valence-corrected chi connectivity index (χ2v) is 4.65. The van der Waals surface area contributed by atoms with Crippen LogP contribution in [0, 0.1) is 0 Å². The Labute approximate surface area is 111 Å². The maximum atomic E-state index is 11.1. The van der Waals surface area contributed by atoms with Crippen LogP contribution in [0.5, 0.6) is 0 Å². The van der Waals surface area contributed by atoms with E-state index < -0.39 is 6.09 Å². The summed E-state index contributed by atoms with van der Waals surface area (Å²) in [6.45, 7) is 1.49. The molecule has 0 bridgehead atoms. The molecule has 1 amide bonds. The number of carbonyl (C=O) groups is 1. The number of amides is 1. The third-order valence-corrected chi connectivity index (χ3v) is 3.33. The molecule has 5 nitrogen and oxygen atoms in total. The van der Waals surface area contributed by atoms with E-state index in [1.165, 1.54) is 7.11 Å². The fourth-order valence-corrected chi connectivity index (χ4v) is 2.47. The monoisotopic (exact) mass is 269 g/mol. The molecule has 1 aliphatic heterocycles. The van der Waals surface area contributed by atoms with Gasteiger partial charge >= 0.3 is 6.09 Å². The lowest BCUT2D eigenvalue weighted by molar-refractivity contribution is 0.167. The van der Waals surface area contributed by atoms with E-state index in [0.717, 1.165) is 18.7 Å². The molecular formula is C12H16ClN3O2. The number of carbonyl (C=O) groups excluding carboxylic acids is 1. The number of benzene rings is 1. The van der Waals surface area contributed by atoms with Crippen molar-refractivity contribution in [1.82, 2.24) is 5.32 Å². The highest BCUT2D eigenvalue weighted by molar-refractivity contribution is 6.34. The van der Waals surface area contributed by atoms with Gasteiger partial charge in [0.15, 0.2) is 0 Å². The fraction of sp³-hybridized carbons (Fsp3) is 0.417. The number of alkyl carbamates (subject to hydrolysis) is 1. The molecule has 0 saturated carbocycles. The van der Waals surface area contributed by atoms with Gasteiger partial charge in [-0.3, -0.25) is 0 Å². The van der Waals surface area contributed by atoms with Crippen molar-refractivity contribution in [3.05, 3.63) is 23.2 Å². The van der Waals surface area contributed by atoms with E-state index in [1.807, 2.05) is 18.2 Å². The van der Waals surface area contributed by atoms with Gasteiger partial charge in [0.25, 0.3) is 0 Å². The number of hydrogen-bond donors (Lipinski definition) is 2. The van der Waals surface area contributed by atoms with E-state index in [-0.39, 0.29) is 6.04 Å². The van der Waals surface area contributed by atoms with Crippen molar-refractivity contribution in [3.8, 4) is 0 Å². The molecule has 18 heavy (non-hydrogen) atoms. The Bertz CT molecular complexity index is 433. The molecule has 6 heteroatoms. The molecule has 1 aromatic carbocycles. The lowest BCUT2D eigenvalue weighted by Gasteiger charge is -2.21. The molecule has 0 aromatic heterocycles.